The molecule has 0 saturated heterocycles. The van der Waals surface area contributed by atoms with Gasteiger partial charge in [0, 0.05) is 31.1 Å². The minimum absolute atomic E-state index is 0.139. The number of ether oxygens (including phenoxy) is 1. The largest absolute Gasteiger partial charge is 0.434 e. The van der Waals surface area contributed by atoms with Crippen LogP contribution in [0.1, 0.15) is 49.6 Å². The molecule has 0 radical (unpaired) electrons. The zero-order valence-corrected chi connectivity index (χ0v) is 15.8. The smallest absolute Gasteiger partial charge is 0.387 e. The van der Waals surface area contributed by atoms with E-state index in [4.69, 9.17) is 4.52 Å². The molecule has 2 N–H and O–H groups in total. The molecule has 0 aliphatic carbocycles. The average Bonchev–Trinajstić information content (AvgIpc) is 3.12. The lowest BCUT2D eigenvalue weighted by Crippen LogP contribution is -2.36. The second-order valence-corrected chi connectivity index (χ2v) is 6.00. The van der Waals surface area contributed by atoms with Crippen LogP contribution in [0.2, 0.25) is 0 Å². The van der Waals surface area contributed by atoms with Gasteiger partial charge in [0.25, 0.3) is 0 Å². The van der Waals surface area contributed by atoms with Gasteiger partial charge in [-0.25, -0.2) is 0 Å². The topological polar surface area (TPSA) is 71.7 Å². The van der Waals surface area contributed by atoms with Gasteiger partial charge in [0.05, 0.1) is 12.2 Å². The molecule has 2 rings (SSSR count). The predicted octanol–water partition coefficient (Wildman–Crippen LogP) is 4.04. The molecule has 0 atom stereocenters. The summed E-state index contributed by atoms with van der Waals surface area (Å²) < 4.78 is 34.9. The van der Waals surface area contributed by atoms with Gasteiger partial charge in [0.2, 0.25) is 0 Å². The SMILES string of the molecule is CCC(CC)c1cc(CNC(=NC)NCc2ccccc2OC(F)F)on1. The summed E-state index contributed by atoms with van der Waals surface area (Å²) in [6, 6.07) is 8.59. The summed E-state index contributed by atoms with van der Waals surface area (Å²) >= 11 is 0. The van der Waals surface area contributed by atoms with Crippen molar-refractivity contribution in [2.24, 2.45) is 4.99 Å². The van der Waals surface area contributed by atoms with Crippen LogP contribution in [-0.2, 0) is 13.1 Å². The van der Waals surface area contributed by atoms with Crippen LogP contribution in [0.5, 0.6) is 5.75 Å². The average molecular weight is 380 g/mol. The molecule has 1 heterocycles. The van der Waals surface area contributed by atoms with Gasteiger partial charge < -0.3 is 19.9 Å². The summed E-state index contributed by atoms with van der Waals surface area (Å²) in [7, 11) is 1.63. The summed E-state index contributed by atoms with van der Waals surface area (Å²) in [5, 5.41) is 10.3. The van der Waals surface area contributed by atoms with Crippen LogP contribution in [0.4, 0.5) is 8.78 Å². The van der Waals surface area contributed by atoms with Crippen LogP contribution in [0.25, 0.3) is 0 Å². The molecule has 148 valence electrons. The van der Waals surface area contributed by atoms with E-state index in [1.165, 1.54) is 6.07 Å². The molecule has 1 aromatic heterocycles. The predicted molar refractivity (Wildman–Crippen MR) is 99.9 cm³/mol. The molecule has 1 aromatic carbocycles. The summed E-state index contributed by atoms with van der Waals surface area (Å²) in [5.41, 5.74) is 1.56. The monoisotopic (exact) mass is 380 g/mol. The van der Waals surface area contributed by atoms with Crippen LogP contribution >= 0.6 is 0 Å². The lowest BCUT2D eigenvalue weighted by molar-refractivity contribution is -0.0504. The summed E-state index contributed by atoms with van der Waals surface area (Å²) in [6.07, 6.45) is 2.03. The maximum Gasteiger partial charge on any atom is 0.387 e. The van der Waals surface area contributed by atoms with Gasteiger partial charge in [-0.1, -0.05) is 37.2 Å². The van der Waals surface area contributed by atoms with E-state index in [0.717, 1.165) is 18.5 Å². The van der Waals surface area contributed by atoms with Crippen LogP contribution in [0.15, 0.2) is 39.8 Å². The molecule has 2 aromatic rings. The maximum absolute atomic E-state index is 12.5. The number of para-hydroxylation sites is 1. The van der Waals surface area contributed by atoms with Crippen LogP contribution in [0.3, 0.4) is 0 Å². The first kappa shape index (κ1) is 20.7. The Bertz CT molecular complexity index is 730. The number of hydrogen-bond acceptors (Lipinski definition) is 4. The van der Waals surface area contributed by atoms with Gasteiger partial charge >= 0.3 is 6.61 Å². The Balaban J connectivity index is 1.90. The van der Waals surface area contributed by atoms with Crippen molar-refractivity contribution in [3.63, 3.8) is 0 Å². The first-order valence-electron chi connectivity index (χ1n) is 9.00. The van der Waals surface area contributed by atoms with Crippen molar-refractivity contribution in [1.29, 1.82) is 0 Å². The fourth-order valence-electron chi connectivity index (χ4n) is 2.74. The maximum atomic E-state index is 12.5. The Kier molecular flexibility index (Phi) is 8.03. The summed E-state index contributed by atoms with van der Waals surface area (Å²) in [6.45, 7) is 2.10. The van der Waals surface area contributed by atoms with E-state index in [1.54, 1.807) is 25.2 Å². The first-order valence-corrected chi connectivity index (χ1v) is 9.00. The number of guanidine groups is 1. The van der Waals surface area contributed by atoms with Crippen molar-refractivity contribution >= 4 is 5.96 Å². The van der Waals surface area contributed by atoms with E-state index in [2.05, 4.69) is 39.4 Å². The Hall–Kier alpha value is -2.64. The first-order chi connectivity index (χ1) is 13.1. The van der Waals surface area contributed by atoms with E-state index >= 15 is 0 Å². The highest BCUT2D eigenvalue weighted by Crippen LogP contribution is 2.22. The van der Waals surface area contributed by atoms with Crippen molar-refractivity contribution in [3.05, 3.63) is 47.3 Å². The number of hydrogen-bond donors (Lipinski definition) is 2. The van der Waals surface area contributed by atoms with Gasteiger partial charge in [-0.2, -0.15) is 8.78 Å². The number of nitrogens with one attached hydrogen (secondary N) is 2. The lowest BCUT2D eigenvalue weighted by atomic mass is 9.99. The minimum atomic E-state index is -2.86. The molecule has 6 nitrogen and oxygen atoms in total. The van der Waals surface area contributed by atoms with Gasteiger partial charge in [0.1, 0.15) is 5.75 Å². The van der Waals surface area contributed by atoms with Gasteiger partial charge in [-0.15, -0.1) is 0 Å². The van der Waals surface area contributed by atoms with E-state index in [9.17, 15) is 8.78 Å². The molecule has 8 heteroatoms. The molecule has 0 fully saturated rings. The van der Waals surface area contributed by atoms with Gasteiger partial charge in [-0.05, 0) is 18.9 Å². The standard InChI is InChI=1S/C19H26F2N4O2/c1-4-13(5-2)16-10-15(27-25-16)12-24-19(22-3)23-11-14-8-6-7-9-17(14)26-18(20)21/h6-10,13,18H,4-5,11-12H2,1-3H3,(H2,22,23,24). The third kappa shape index (κ3) is 6.23. The fraction of sp³-hybridized carbons (Fsp3) is 0.474. The van der Waals surface area contributed by atoms with Crippen molar-refractivity contribution in [2.45, 2.75) is 52.3 Å². The van der Waals surface area contributed by atoms with E-state index in [1.807, 2.05) is 6.07 Å². The van der Waals surface area contributed by atoms with E-state index in [-0.39, 0.29) is 12.3 Å². The zero-order chi connectivity index (χ0) is 19.6. The van der Waals surface area contributed by atoms with Crippen LogP contribution in [0, 0.1) is 0 Å². The molecule has 0 aliphatic rings. The number of alkyl halides is 2. The summed E-state index contributed by atoms with van der Waals surface area (Å²) in [5.74, 6) is 1.76. The molecular weight excluding hydrogens is 354 g/mol. The lowest BCUT2D eigenvalue weighted by Gasteiger charge is -2.13. The molecule has 0 aliphatic heterocycles. The van der Waals surface area contributed by atoms with Crippen LogP contribution < -0.4 is 15.4 Å². The number of rotatable bonds is 9. The van der Waals surface area contributed by atoms with Crippen LogP contribution in [-0.4, -0.2) is 24.8 Å². The third-order valence-electron chi connectivity index (χ3n) is 4.27. The number of nitrogens with zero attached hydrogens (tertiary/aromatic N) is 2. The molecular formula is C19H26F2N4O2. The summed E-state index contributed by atoms with van der Waals surface area (Å²) in [4.78, 5) is 4.13. The van der Waals surface area contributed by atoms with E-state index < -0.39 is 6.61 Å². The molecule has 0 unspecified atom stereocenters. The number of benzene rings is 1. The normalized spacial score (nSPS) is 11.9. The number of halogens is 2. The Labute approximate surface area is 158 Å². The zero-order valence-electron chi connectivity index (χ0n) is 15.8. The van der Waals surface area contributed by atoms with Gasteiger partial charge in [-0.3, -0.25) is 4.99 Å². The number of aliphatic imine (C=N–C) groups is 1. The fourth-order valence-corrected chi connectivity index (χ4v) is 2.74. The van der Waals surface area contributed by atoms with Gasteiger partial charge in [0.15, 0.2) is 11.7 Å². The Morgan fingerprint density at radius 1 is 1.19 bits per heavy atom. The second kappa shape index (κ2) is 10.5. The van der Waals surface area contributed by atoms with Crippen molar-refractivity contribution < 1.29 is 18.0 Å². The minimum Gasteiger partial charge on any atom is -0.434 e. The molecule has 0 bridgehead atoms. The highest BCUT2D eigenvalue weighted by molar-refractivity contribution is 5.79. The third-order valence-corrected chi connectivity index (χ3v) is 4.27. The molecule has 0 spiro atoms. The van der Waals surface area contributed by atoms with Crippen molar-refractivity contribution in [1.82, 2.24) is 15.8 Å². The number of aromatic nitrogens is 1. The second-order valence-electron chi connectivity index (χ2n) is 6.00. The highest BCUT2D eigenvalue weighted by atomic mass is 19.3. The van der Waals surface area contributed by atoms with Crippen molar-refractivity contribution in [3.8, 4) is 5.75 Å². The highest BCUT2D eigenvalue weighted by Gasteiger charge is 2.13. The quantitative estimate of drug-likeness (QED) is 0.507. The van der Waals surface area contributed by atoms with E-state index in [0.29, 0.717) is 29.7 Å². The molecule has 27 heavy (non-hydrogen) atoms. The molecule has 0 saturated carbocycles. The Morgan fingerprint density at radius 3 is 2.56 bits per heavy atom. The molecule has 0 amide bonds. The Morgan fingerprint density at radius 2 is 1.89 bits per heavy atom. The van der Waals surface area contributed by atoms with Crippen molar-refractivity contribution in [2.75, 3.05) is 7.05 Å².